The van der Waals surface area contributed by atoms with E-state index >= 15 is 0 Å². The Hall–Kier alpha value is -2.17. The van der Waals surface area contributed by atoms with E-state index < -0.39 is 0 Å². The first-order chi connectivity index (χ1) is 10.4. The molecule has 0 saturated carbocycles. The fraction of sp³-hybridized carbons (Fsp3) is 0.118. The zero-order valence-corrected chi connectivity index (χ0v) is 12.2. The highest BCUT2D eigenvalue weighted by atomic mass is 32.1. The SMILES string of the molecule is OCCNc1nc2ccccc2c2c1sc1ccccc12. The summed E-state index contributed by atoms with van der Waals surface area (Å²) in [7, 11) is 0. The third kappa shape index (κ3) is 1.95. The van der Waals surface area contributed by atoms with Crippen molar-refractivity contribution in [3.05, 3.63) is 48.5 Å². The molecule has 0 saturated heterocycles. The Bertz CT molecular complexity index is 945. The number of nitrogens with one attached hydrogen (secondary N) is 1. The summed E-state index contributed by atoms with van der Waals surface area (Å²) in [4.78, 5) is 4.72. The van der Waals surface area contributed by atoms with Gasteiger partial charge in [-0.05, 0) is 12.1 Å². The molecule has 0 bridgehead atoms. The molecule has 0 aliphatic heterocycles. The summed E-state index contributed by atoms with van der Waals surface area (Å²) in [5.74, 6) is 0.860. The van der Waals surface area contributed by atoms with Gasteiger partial charge < -0.3 is 10.4 Å². The van der Waals surface area contributed by atoms with E-state index in [2.05, 4.69) is 41.7 Å². The topological polar surface area (TPSA) is 45.1 Å². The number of aliphatic hydroxyl groups is 1. The van der Waals surface area contributed by atoms with Crippen molar-refractivity contribution in [2.24, 2.45) is 0 Å². The number of aromatic nitrogens is 1. The van der Waals surface area contributed by atoms with Gasteiger partial charge >= 0.3 is 0 Å². The van der Waals surface area contributed by atoms with E-state index in [1.54, 1.807) is 11.3 Å². The summed E-state index contributed by atoms with van der Waals surface area (Å²) in [6.45, 7) is 0.607. The van der Waals surface area contributed by atoms with E-state index in [4.69, 9.17) is 10.1 Å². The van der Waals surface area contributed by atoms with E-state index in [1.807, 2.05) is 12.1 Å². The first-order valence-electron chi connectivity index (χ1n) is 6.93. The first kappa shape index (κ1) is 12.6. The molecule has 0 amide bonds. The van der Waals surface area contributed by atoms with Crippen LogP contribution in [0.2, 0.25) is 0 Å². The lowest BCUT2D eigenvalue weighted by Crippen LogP contribution is -2.07. The molecule has 2 aromatic heterocycles. The second-order valence-corrected chi connectivity index (χ2v) is 5.98. The van der Waals surface area contributed by atoms with Crippen LogP contribution >= 0.6 is 11.3 Å². The van der Waals surface area contributed by atoms with Gasteiger partial charge in [-0.2, -0.15) is 0 Å². The van der Waals surface area contributed by atoms with Gasteiger partial charge in [0.1, 0.15) is 5.82 Å². The highest BCUT2D eigenvalue weighted by Crippen LogP contribution is 2.41. The van der Waals surface area contributed by atoms with Gasteiger partial charge in [-0.1, -0.05) is 36.4 Å². The van der Waals surface area contributed by atoms with Crippen LogP contribution in [0.4, 0.5) is 5.82 Å². The molecule has 0 atom stereocenters. The van der Waals surface area contributed by atoms with E-state index in [0.29, 0.717) is 6.54 Å². The molecule has 4 rings (SSSR count). The van der Waals surface area contributed by atoms with Crippen LogP contribution in [0.15, 0.2) is 48.5 Å². The fourth-order valence-electron chi connectivity index (χ4n) is 2.73. The Kier molecular flexibility index (Phi) is 2.98. The number of anilines is 1. The lowest BCUT2D eigenvalue weighted by molar-refractivity contribution is 0.311. The highest BCUT2D eigenvalue weighted by molar-refractivity contribution is 7.26. The molecule has 4 aromatic rings. The third-order valence-electron chi connectivity index (χ3n) is 3.62. The molecule has 21 heavy (non-hydrogen) atoms. The quantitative estimate of drug-likeness (QED) is 0.600. The van der Waals surface area contributed by atoms with Gasteiger partial charge in [-0.25, -0.2) is 4.98 Å². The molecule has 0 radical (unpaired) electrons. The molecule has 2 aromatic carbocycles. The largest absolute Gasteiger partial charge is 0.395 e. The highest BCUT2D eigenvalue weighted by Gasteiger charge is 2.13. The molecule has 4 heteroatoms. The van der Waals surface area contributed by atoms with E-state index in [9.17, 15) is 0 Å². The smallest absolute Gasteiger partial charge is 0.144 e. The number of hydrogen-bond donors (Lipinski definition) is 2. The maximum absolute atomic E-state index is 9.07. The van der Waals surface area contributed by atoms with Crippen LogP contribution in [0.5, 0.6) is 0 Å². The molecule has 2 N–H and O–H groups in total. The Labute approximate surface area is 125 Å². The normalized spacial score (nSPS) is 11.5. The number of rotatable bonds is 3. The third-order valence-corrected chi connectivity index (χ3v) is 4.80. The number of hydrogen-bond acceptors (Lipinski definition) is 4. The molecule has 0 unspecified atom stereocenters. The average molecular weight is 294 g/mol. The Morgan fingerprint density at radius 3 is 2.62 bits per heavy atom. The summed E-state index contributed by atoms with van der Waals surface area (Å²) in [6, 6.07) is 16.7. The van der Waals surface area contributed by atoms with Gasteiger partial charge in [0.2, 0.25) is 0 Å². The zero-order valence-electron chi connectivity index (χ0n) is 11.3. The van der Waals surface area contributed by atoms with Crippen LogP contribution in [0.3, 0.4) is 0 Å². The van der Waals surface area contributed by atoms with Gasteiger partial charge in [0, 0.05) is 27.4 Å². The second-order valence-electron chi connectivity index (χ2n) is 4.93. The Morgan fingerprint density at radius 1 is 1.00 bits per heavy atom. The number of thiophene rings is 1. The first-order valence-corrected chi connectivity index (χ1v) is 7.75. The minimum Gasteiger partial charge on any atom is -0.395 e. The summed E-state index contributed by atoms with van der Waals surface area (Å²) >= 11 is 1.75. The number of nitrogens with zero attached hydrogens (tertiary/aromatic N) is 1. The summed E-state index contributed by atoms with van der Waals surface area (Å²) in [5.41, 5.74) is 0.981. The van der Waals surface area contributed by atoms with Crippen LogP contribution < -0.4 is 5.32 Å². The number of aliphatic hydroxyl groups excluding tert-OH is 1. The summed E-state index contributed by atoms with van der Waals surface area (Å²) in [5, 5.41) is 16.0. The number of fused-ring (bicyclic) bond motifs is 5. The van der Waals surface area contributed by atoms with Crippen molar-refractivity contribution in [3.8, 4) is 0 Å². The summed E-state index contributed by atoms with van der Waals surface area (Å²) < 4.78 is 2.42. The van der Waals surface area contributed by atoms with Crippen molar-refractivity contribution < 1.29 is 5.11 Å². The number of pyridine rings is 1. The maximum atomic E-state index is 9.07. The monoisotopic (exact) mass is 294 g/mol. The molecule has 104 valence electrons. The lowest BCUT2D eigenvalue weighted by Gasteiger charge is -2.07. The van der Waals surface area contributed by atoms with Crippen molar-refractivity contribution >= 4 is 48.2 Å². The molecule has 0 aliphatic carbocycles. The molecular weight excluding hydrogens is 280 g/mol. The van der Waals surface area contributed by atoms with Crippen LogP contribution in [0.1, 0.15) is 0 Å². The van der Waals surface area contributed by atoms with Crippen LogP contribution in [-0.2, 0) is 0 Å². The van der Waals surface area contributed by atoms with Crippen LogP contribution in [-0.4, -0.2) is 23.2 Å². The minimum atomic E-state index is 0.0981. The Morgan fingerprint density at radius 2 is 1.76 bits per heavy atom. The Balaban J connectivity index is 2.16. The van der Waals surface area contributed by atoms with Crippen molar-refractivity contribution in [1.82, 2.24) is 4.98 Å². The van der Waals surface area contributed by atoms with Gasteiger partial charge in [-0.3, -0.25) is 0 Å². The lowest BCUT2D eigenvalue weighted by atomic mass is 10.1. The minimum absolute atomic E-state index is 0.0981. The maximum Gasteiger partial charge on any atom is 0.144 e. The van der Waals surface area contributed by atoms with Gasteiger partial charge in [0.25, 0.3) is 0 Å². The van der Waals surface area contributed by atoms with Crippen LogP contribution in [0.25, 0.3) is 31.1 Å². The predicted octanol–water partition coefficient (Wildman–Crippen LogP) is 4.01. The van der Waals surface area contributed by atoms with Gasteiger partial charge in [0.05, 0.1) is 16.8 Å². The molecule has 0 fully saturated rings. The zero-order chi connectivity index (χ0) is 14.2. The average Bonchev–Trinajstić information content (AvgIpc) is 2.92. The van der Waals surface area contributed by atoms with E-state index in [0.717, 1.165) is 16.0 Å². The van der Waals surface area contributed by atoms with Crippen LogP contribution in [0, 0.1) is 0 Å². The number of benzene rings is 2. The number of para-hydroxylation sites is 1. The van der Waals surface area contributed by atoms with Crippen molar-refractivity contribution in [2.75, 3.05) is 18.5 Å². The summed E-state index contributed by atoms with van der Waals surface area (Å²) in [6.07, 6.45) is 0. The van der Waals surface area contributed by atoms with E-state index in [1.165, 1.54) is 20.9 Å². The fourth-order valence-corrected chi connectivity index (χ4v) is 3.91. The predicted molar refractivity (Wildman–Crippen MR) is 90.2 cm³/mol. The second kappa shape index (κ2) is 4.98. The molecule has 2 heterocycles. The van der Waals surface area contributed by atoms with Crippen molar-refractivity contribution in [2.45, 2.75) is 0 Å². The standard InChI is InChI=1S/C17H14N2OS/c20-10-9-18-17-16-15(11-5-1-3-7-13(11)19-17)12-6-2-4-8-14(12)21-16/h1-8,20H,9-10H2,(H,18,19). The van der Waals surface area contributed by atoms with Gasteiger partial charge in [-0.15, -0.1) is 11.3 Å². The molecular formula is C17H14N2OS. The van der Waals surface area contributed by atoms with Crippen molar-refractivity contribution in [3.63, 3.8) is 0 Å². The molecule has 0 spiro atoms. The van der Waals surface area contributed by atoms with E-state index in [-0.39, 0.29) is 6.61 Å². The molecule has 0 aliphatic rings. The molecule has 3 nitrogen and oxygen atoms in total. The van der Waals surface area contributed by atoms with Gasteiger partial charge in [0.15, 0.2) is 0 Å². The van der Waals surface area contributed by atoms with Crippen molar-refractivity contribution in [1.29, 1.82) is 0 Å².